The molecule has 0 aliphatic carbocycles. The van der Waals surface area contributed by atoms with E-state index in [1.807, 2.05) is 42.5 Å². The van der Waals surface area contributed by atoms with E-state index in [1.54, 1.807) is 17.2 Å². The topological polar surface area (TPSA) is 42.4 Å². The van der Waals surface area contributed by atoms with Crippen LogP contribution in [0.15, 0.2) is 72.9 Å². The zero-order valence-electron chi connectivity index (χ0n) is 17.4. The molecule has 4 nitrogen and oxygen atoms in total. The van der Waals surface area contributed by atoms with Gasteiger partial charge < -0.3 is 9.64 Å². The first-order valence-corrected chi connectivity index (χ1v) is 10.4. The molecule has 1 amide bonds. The first-order valence-electron chi connectivity index (χ1n) is 10.4. The van der Waals surface area contributed by atoms with E-state index in [9.17, 15) is 18.0 Å². The van der Waals surface area contributed by atoms with Crippen molar-refractivity contribution in [3.8, 4) is 0 Å². The maximum Gasteiger partial charge on any atom is 0.416 e. The van der Waals surface area contributed by atoms with E-state index >= 15 is 0 Å². The van der Waals surface area contributed by atoms with Crippen LogP contribution in [0.4, 0.5) is 13.2 Å². The molecule has 7 heteroatoms. The van der Waals surface area contributed by atoms with Crippen LogP contribution in [0.1, 0.15) is 34.1 Å². The summed E-state index contributed by atoms with van der Waals surface area (Å²) in [5, 5.41) is 0. The smallest absolute Gasteiger partial charge is 0.368 e. The summed E-state index contributed by atoms with van der Waals surface area (Å²) in [5.41, 5.74) is 2.39. The Morgan fingerprint density at radius 2 is 1.78 bits per heavy atom. The molecule has 166 valence electrons. The second-order valence-corrected chi connectivity index (χ2v) is 7.83. The normalized spacial score (nSPS) is 16.7. The van der Waals surface area contributed by atoms with Gasteiger partial charge >= 0.3 is 6.18 Å². The molecule has 0 N–H and O–H groups in total. The fourth-order valence-corrected chi connectivity index (χ4v) is 3.76. The van der Waals surface area contributed by atoms with Crippen LogP contribution in [0.5, 0.6) is 0 Å². The highest BCUT2D eigenvalue weighted by molar-refractivity contribution is 5.78. The zero-order valence-corrected chi connectivity index (χ0v) is 17.4. The third-order valence-corrected chi connectivity index (χ3v) is 5.46. The van der Waals surface area contributed by atoms with Crippen LogP contribution in [0.25, 0.3) is 0 Å². The molecule has 4 rings (SSSR count). The van der Waals surface area contributed by atoms with Crippen LogP contribution in [-0.2, 0) is 28.5 Å². The fraction of sp³-hybridized carbons (Fsp3) is 0.280. The van der Waals surface area contributed by atoms with Gasteiger partial charge in [0.05, 0.1) is 30.8 Å². The summed E-state index contributed by atoms with van der Waals surface area (Å²) in [4.78, 5) is 18.9. The molecular weight excluding hydrogens is 417 g/mol. The summed E-state index contributed by atoms with van der Waals surface area (Å²) in [7, 11) is 0. The molecule has 0 saturated carbocycles. The van der Waals surface area contributed by atoms with Gasteiger partial charge in [-0.2, -0.15) is 13.2 Å². The Bertz CT molecular complexity index is 1050. The van der Waals surface area contributed by atoms with Crippen LogP contribution in [0.2, 0.25) is 0 Å². The number of alkyl halides is 3. The number of hydrogen-bond donors (Lipinski definition) is 0. The molecule has 0 radical (unpaired) electrons. The predicted octanol–water partition coefficient (Wildman–Crippen LogP) is 4.83. The second kappa shape index (κ2) is 9.53. The molecule has 0 spiro atoms. The minimum absolute atomic E-state index is 0.0469. The number of rotatable bonds is 5. The van der Waals surface area contributed by atoms with Crippen LogP contribution in [0, 0.1) is 0 Å². The Labute approximate surface area is 184 Å². The monoisotopic (exact) mass is 440 g/mol. The van der Waals surface area contributed by atoms with Crippen molar-refractivity contribution >= 4 is 5.91 Å². The number of pyridine rings is 1. The summed E-state index contributed by atoms with van der Waals surface area (Å²) >= 11 is 0. The fourth-order valence-electron chi connectivity index (χ4n) is 3.76. The minimum atomic E-state index is -4.36. The van der Waals surface area contributed by atoms with E-state index in [0.717, 1.165) is 23.3 Å². The first kappa shape index (κ1) is 22.0. The highest BCUT2D eigenvalue weighted by Gasteiger charge is 2.30. The molecule has 0 unspecified atom stereocenters. The Hall–Kier alpha value is -3.19. The molecule has 2 heterocycles. The Kier molecular flexibility index (Phi) is 6.55. The van der Waals surface area contributed by atoms with Crippen molar-refractivity contribution in [3.63, 3.8) is 0 Å². The van der Waals surface area contributed by atoms with Gasteiger partial charge in [-0.3, -0.25) is 9.78 Å². The van der Waals surface area contributed by atoms with Crippen molar-refractivity contribution in [1.82, 2.24) is 9.88 Å². The van der Waals surface area contributed by atoms with E-state index in [0.29, 0.717) is 43.8 Å². The van der Waals surface area contributed by atoms with E-state index in [-0.39, 0.29) is 12.0 Å². The summed E-state index contributed by atoms with van der Waals surface area (Å²) in [5.74, 6) is 0.0469. The molecule has 1 fully saturated rings. The molecule has 32 heavy (non-hydrogen) atoms. The Morgan fingerprint density at radius 1 is 1.00 bits per heavy atom. The Balaban J connectivity index is 1.39. The third kappa shape index (κ3) is 5.53. The maximum atomic E-state index is 12.9. The number of carbonyl (C=O) groups excluding carboxylic acids is 1. The number of benzene rings is 2. The summed E-state index contributed by atoms with van der Waals surface area (Å²) in [6.45, 7) is 1.39. The van der Waals surface area contributed by atoms with Gasteiger partial charge in [0, 0.05) is 12.7 Å². The summed E-state index contributed by atoms with van der Waals surface area (Å²) in [6, 6.07) is 18.6. The average Bonchev–Trinajstić information content (AvgIpc) is 2.80. The van der Waals surface area contributed by atoms with Gasteiger partial charge in [-0.25, -0.2) is 0 Å². The Morgan fingerprint density at radius 3 is 2.50 bits per heavy atom. The van der Waals surface area contributed by atoms with Gasteiger partial charge in [-0.05, 0) is 35.2 Å². The van der Waals surface area contributed by atoms with Gasteiger partial charge in [0.15, 0.2) is 0 Å². The van der Waals surface area contributed by atoms with Crippen molar-refractivity contribution < 1.29 is 22.7 Å². The average molecular weight is 440 g/mol. The van der Waals surface area contributed by atoms with E-state index in [4.69, 9.17) is 4.74 Å². The molecule has 1 aliphatic heterocycles. The van der Waals surface area contributed by atoms with Crippen molar-refractivity contribution in [1.29, 1.82) is 0 Å². The minimum Gasteiger partial charge on any atom is -0.368 e. The van der Waals surface area contributed by atoms with Gasteiger partial charge in [0.1, 0.15) is 6.10 Å². The summed E-state index contributed by atoms with van der Waals surface area (Å²) in [6.07, 6.45) is -2.34. The molecule has 2 aromatic carbocycles. The molecule has 0 bridgehead atoms. The number of ether oxygens (including phenoxy) is 1. The van der Waals surface area contributed by atoms with Crippen molar-refractivity contribution in [2.45, 2.75) is 25.1 Å². The number of amides is 1. The van der Waals surface area contributed by atoms with Crippen LogP contribution < -0.4 is 0 Å². The third-order valence-electron chi connectivity index (χ3n) is 5.46. The SMILES string of the molecule is O=C(Cc1ccccc1)N1CCO[C@H](c2ccc(Cc3cccc(C(F)(F)F)c3)cn2)C1. The van der Waals surface area contributed by atoms with Gasteiger partial charge in [0.25, 0.3) is 0 Å². The first-order chi connectivity index (χ1) is 15.4. The van der Waals surface area contributed by atoms with Crippen LogP contribution in [-0.4, -0.2) is 35.5 Å². The number of aromatic nitrogens is 1. The second-order valence-electron chi connectivity index (χ2n) is 7.83. The molecule has 3 aromatic rings. The molecule has 1 aliphatic rings. The highest BCUT2D eigenvalue weighted by atomic mass is 19.4. The number of carbonyl (C=O) groups is 1. The predicted molar refractivity (Wildman–Crippen MR) is 114 cm³/mol. The van der Waals surface area contributed by atoms with E-state index < -0.39 is 11.7 Å². The highest BCUT2D eigenvalue weighted by Crippen LogP contribution is 2.30. The zero-order chi connectivity index (χ0) is 22.6. The molecular formula is C25H23F3N2O2. The largest absolute Gasteiger partial charge is 0.416 e. The van der Waals surface area contributed by atoms with Crippen molar-refractivity contribution in [2.75, 3.05) is 19.7 Å². The van der Waals surface area contributed by atoms with Gasteiger partial charge in [-0.15, -0.1) is 0 Å². The lowest BCUT2D eigenvalue weighted by Gasteiger charge is -2.32. The lowest BCUT2D eigenvalue weighted by Crippen LogP contribution is -2.43. The van der Waals surface area contributed by atoms with E-state index in [1.165, 1.54) is 6.07 Å². The van der Waals surface area contributed by atoms with Crippen LogP contribution >= 0.6 is 0 Å². The maximum absolute atomic E-state index is 12.9. The standard InChI is InChI=1S/C25H23F3N2O2/c26-25(27,28)21-8-4-7-19(14-21)13-20-9-10-22(29-16-20)23-17-30(11-12-32-23)24(31)15-18-5-2-1-3-6-18/h1-10,14,16,23H,11-13,15,17H2/t23-/m0/s1. The van der Waals surface area contributed by atoms with Crippen molar-refractivity contribution in [3.05, 3.63) is 101 Å². The van der Waals surface area contributed by atoms with E-state index in [2.05, 4.69) is 4.98 Å². The molecule has 1 aromatic heterocycles. The number of nitrogens with zero attached hydrogens (tertiary/aromatic N) is 2. The number of morpholine rings is 1. The quantitative estimate of drug-likeness (QED) is 0.571. The lowest BCUT2D eigenvalue weighted by molar-refractivity contribution is -0.138. The molecule has 1 saturated heterocycles. The molecule has 1 atom stereocenters. The summed E-state index contributed by atoms with van der Waals surface area (Å²) < 4.78 is 44.6. The number of halogens is 3. The van der Waals surface area contributed by atoms with Gasteiger partial charge in [0.2, 0.25) is 5.91 Å². The number of hydrogen-bond acceptors (Lipinski definition) is 3. The lowest BCUT2D eigenvalue weighted by atomic mass is 10.0. The van der Waals surface area contributed by atoms with Gasteiger partial charge in [-0.1, -0.05) is 54.6 Å². The van der Waals surface area contributed by atoms with Crippen LogP contribution in [0.3, 0.4) is 0 Å². The van der Waals surface area contributed by atoms with Crippen molar-refractivity contribution in [2.24, 2.45) is 0 Å².